The molecule has 0 saturated carbocycles. The zero-order chi connectivity index (χ0) is 13.3. The Kier molecular flexibility index (Phi) is 4.36. The predicted molar refractivity (Wildman–Crippen MR) is 75.6 cm³/mol. The van der Waals surface area contributed by atoms with Crippen LogP contribution in [-0.4, -0.2) is 10.1 Å². The number of aromatic nitrogens is 1. The Hall–Kier alpha value is -0.510. The van der Waals surface area contributed by atoms with Crippen molar-refractivity contribution < 1.29 is 5.11 Å². The normalized spacial score (nSPS) is 10.7. The molecule has 0 atom stereocenters. The summed E-state index contributed by atoms with van der Waals surface area (Å²) in [5, 5.41) is 10.8. The number of benzene rings is 1. The van der Waals surface area contributed by atoms with Crippen molar-refractivity contribution in [3.63, 3.8) is 0 Å². The summed E-state index contributed by atoms with van der Waals surface area (Å²) in [4.78, 5) is 4.04. The van der Waals surface area contributed by atoms with Gasteiger partial charge in [-0.15, -0.1) is 0 Å². The first-order valence-electron chi connectivity index (χ1n) is 4.94. The molecule has 0 fully saturated rings. The van der Waals surface area contributed by atoms with E-state index in [1.165, 1.54) is 0 Å². The van der Waals surface area contributed by atoms with Gasteiger partial charge in [0.15, 0.2) is 0 Å². The van der Waals surface area contributed by atoms with Crippen molar-refractivity contribution >= 4 is 46.4 Å². The molecule has 2 aromatic rings. The van der Waals surface area contributed by atoms with E-state index in [1.54, 1.807) is 24.3 Å². The lowest BCUT2D eigenvalue weighted by atomic mass is 10.0. The highest BCUT2D eigenvalue weighted by atomic mass is 35.5. The van der Waals surface area contributed by atoms with E-state index >= 15 is 0 Å². The maximum absolute atomic E-state index is 9.30. The molecule has 1 heterocycles. The number of halogens is 4. The Labute approximate surface area is 124 Å². The maximum Gasteiger partial charge on any atom is 0.129 e. The van der Waals surface area contributed by atoms with Crippen LogP contribution < -0.4 is 0 Å². The van der Waals surface area contributed by atoms with Crippen molar-refractivity contribution in [2.24, 2.45) is 0 Å². The third kappa shape index (κ3) is 2.73. The first-order valence-corrected chi connectivity index (χ1v) is 6.45. The summed E-state index contributed by atoms with van der Waals surface area (Å²) >= 11 is 23.7. The monoisotopic (exact) mass is 321 g/mol. The van der Waals surface area contributed by atoms with Crippen LogP contribution in [-0.2, 0) is 6.61 Å². The van der Waals surface area contributed by atoms with Crippen LogP contribution >= 0.6 is 46.4 Å². The lowest BCUT2D eigenvalue weighted by molar-refractivity contribution is 0.277. The fourth-order valence-electron chi connectivity index (χ4n) is 1.57. The van der Waals surface area contributed by atoms with E-state index in [-0.39, 0.29) is 6.61 Å². The van der Waals surface area contributed by atoms with Gasteiger partial charge in [0.1, 0.15) is 5.15 Å². The molecule has 0 radical (unpaired) electrons. The van der Waals surface area contributed by atoms with Gasteiger partial charge in [0, 0.05) is 11.1 Å². The van der Waals surface area contributed by atoms with E-state index in [2.05, 4.69) is 4.98 Å². The van der Waals surface area contributed by atoms with Crippen molar-refractivity contribution in [3.05, 3.63) is 50.2 Å². The molecule has 0 aliphatic rings. The molecule has 6 heteroatoms. The number of aliphatic hydroxyl groups is 1. The molecule has 0 bridgehead atoms. The average molecular weight is 323 g/mol. The molecule has 2 rings (SSSR count). The van der Waals surface area contributed by atoms with Gasteiger partial charge in [-0.1, -0.05) is 46.4 Å². The third-order valence-corrected chi connectivity index (χ3v) is 3.64. The van der Waals surface area contributed by atoms with E-state index in [1.807, 2.05) is 0 Å². The minimum atomic E-state index is -0.244. The Bertz CT molecular complexity index is 601. The molecular weight excluding hydrogens is 316 g/mol. The molecule has 94 valence electrons. The number of pyridine rings is 1. The molecule has 1 aromatic heterocycles. The fourth-order valence-corrected chi connectivity index (χ4v) is 2.38. The first-order chi connectivity index (χ1) is 8.52. The van der Waals surface area contributed by atoms with Gasteiger partial charge >= 0.3 is 0 Å². The largest absolute Gasteiger partial charge is 0.390 e. The molecule has 2 nitrogen and oxygen atoms in total. The molecule has 0 saturated heterocycles. The minimum absolute atomic E-state index is 0.244. The Balaban J connectivity index is 2.65. The van der Waals surface area contributed by atoms with E-state index in [9.17, 15) is 5.11 Å². The predicted octanol–water partition coefficient (Wildman–Crippen LogP) is 4.85. The lowest BCUT2D eigenvalue weighted by Gasteiger charge is -2.10. The number of rotatable bonds is 2. The van der Waals surface area contributed by atoms with Gasteiger partial charge in [0.25, 0.3) is 0 Å². The van der Waals surface area contributed by atoms with Crippen molar-refractivity contribution in [3.8, 4) is 11.1 Å². The summed E-state index contributed by atoms with van der Waals surface area (Å²) in [6.45, 7) is -0.244. The highest BCUT2D eigenvalue weighted by molar-refractivity contribution is 6.44. The van der Waals surface area contributed by atoms with E-state index in [4.69, 9.17) is 46.4 Å². The van der Waals surface area contributed by atoms with Gasteiger partial charge in [-0.2, -0.15) is 0 Å². The highest BCUT2D eigenvalue weighted by Crippen LogP contribution is 2.36. The molecule has 0 aliphatic heterocycles. The quantitative estimate of drug-likeness (QED) is 0.633. The third-order valence-electron chi connectivity index (χ3n) is 2.39. The molecule has 0 amide bonds. The van der Waals surface area contributed by atoms with Crippen molar-refractivity contribution in [2.45, 2.75) is 6.61 Å². The summed E-state index contributed by atoms with van der Waals surface area (Å²) < 4.78 is 0. The summed E-state index contributed by atoms with van der Waals surface area (Å²) in [5.41, 5.74) is 1.76. The summed E-state index contributed by atoms with van der Waals surface area (Å²) in [6, 6.07) is 6.54. The minimum Gasteiger partial charge on any atom is -0.390 e. The van der Waals surface area contributed by atoms with Crippen LogP contribution in [0.3, 0.4) is 0 Å². The van der Waals surface area contributed by atoms with Gasteiger partial charge in [-0.25, -0.2) is 4.98 Å². The Morgan fingerprint density at radius 1 is 0.889 bits per heavy atom. The number of hydrogen-bond acceptors (Lipinski definition) is 2. The smallest absolute Gasteiger partial charge is 0.129 e. The number of aliphatic hydroxyl groups excluding tert-OH is 1. The summed E-state index contributed by atoms with van der Waals surface area (Å²) in [6.07, 6.45) is 0. The molecule has 1 N–H and O–H groups in total. The lowest BCUT2D eigenvalue weighted by Crippen LogP contribution is -1.95. The van der Waals surface area contributed by atoms with Crippen LogP contribution in [0.2, 0.25) is 20.2 Å². The van der Waals surface area contributed by atoms with Crippen molar-refractivity contribution in [1.29, 1.82) is 0 Å². The van der Waals surface area contributed by atoms with Crippen LogP contribution in [0.25, 0.3) is 11.1 Å². The van der Waals surface area contributed by atoms with Crippen LogP contribution in [0.4, 0.5) is 0 Å². The van der Waals surface area contributed by atoms with E-state index < -0.39 is 0 Å². The summed E-state index contributed by atoms with van der Waals surface area (Å²) in [7, 11) is 0. The van der Waals surface area contributed by atoms with Crippen molar-refractivity contribution in [2.75, 3.05) is 0 Å². The van der Waals surface area contributed by atoms with Gasteiger partial charge in [-0.3, -0.25) is 0 Å². The first kappa shape index (κ1) is 13.9. The molecule has 18 heavy (non-hydrogen) atoms. The highest BCUT2D eigenvalue weighted by Gasteiger charge is 2.12. The molecule has 0 spiro atoms. The second-order valence-electron chi connectivity index (χ2n) is 3.53. The molecule has 0 aliphatic carbocycles. The Morgan fingerprint density at radius 2 is 1.56 bits per heavy atom. The number of hydrogen-bond donors (Lipinski definition) is 1. The van der Waals surface area contributed by atoms with Crippen LogP contribution in [0.1, 0.15) is 5.69 Å². The molecular formula is C12H7Cl4NO. The zero-order valence-corrected chi connectivity index (χ0v) is 11.9. The summed E-state index contributed by atoms with van der Waals surface area (Å²) in [5.74, 6) is 0. The maximum atomic E-state index is 9.30. The standard InChI is InChI=1S/C12H7Cl4NO/c13-8-4-10(15)9(14)3-7(8)6-1-2-12(16)17-11(6)5-18/h1-4,18H,5H2. The zero-order valence-electron chi connectivity index (χ0n) is 8.92. The van der Waals surface area contributed by atoms with Gasteiger partial charge < -0.3 is 5.11 Å². The molecule has 1 aromatic carbocycles. The average Bonchev–Trinajstić information content (AvgIpc) is 2.34. The second-order valence-corrected chi connectivity index (χ2v) is 5.14. The second kappa shape index (κ2) is 5.64. The van der Waals surface area contributed by atoms with Crippen LogP contribution in [0, 0.1) is 0 Å². The van der Waals surface area contributed by atoms with Gasteiger partial charge in [0.2, 0.25) is 0 Å². The van der Waals surface area contributed by atoms with Crippen LogP contribution in [0.5, 0.6) is 0 Å². The molecule has 0 unspecified atom stereocenters. The van der Waals surface area contributed by atoms with Gasteiger partial charge in [-0.05, 0) is 24.3 Å². The van der Waals surface area contributed by atoms with E-state index in [0.29, 0.717) is 37.0 Å². The SMILES string of the molecule is OCc1nc(Cl)ccc1-c1cc(Cl)c(Cl)cc1Cl. The Morgan fingerprint density at radius 3 is 2.22 bits per heavy atom. The van der Waals surface area contributed by atoms with Crippen molar-refractivity contribution in [1.82, 2.24) is 4.98 Å². The number of nitrogens with zero attached hydrogens (tertiary/aromatic N) is 1. The van der Waals surface area contributed by atoms with E-state index in [0.717, 1.165) is 0 Å². The topological polar surface area (TPSA) is 33.1 Å². The fraction of sp³-hybridized carbons (Fsp3) is 0.0833. The van der Waals surface area contributed by atoms with Crippen LogP contribution in [0.15, 0.2) is 24.3 Å². The van der Waals surface area contributed by atoms with Gasteiger partial charge in [0.05, 0.1) is 27.4 Å².